The number of benzene rings is 1. The summed E-state index contributed by atoms with van der Waals surface area (Å²) in [5.41, 5.74) is 0.218. The van der Waals surface area contributed by atoms with E-state index >= 15 is 0 Å². The van der Waals surface area contributed by atoms with Crippen molar-refractivity contribution in [3.63, 3.8) is 0 Å². The Morgan fingerprint density at radius 1 is 1.17 bits per heavy atom. The molecule has 0 saturated heterocycles. The molecule has 0 spiro atoms. The van der Waals surface area contributed by atoms with E-state index in [1.54, 1.807) is 12.1 Å². The van der Waals surface area contributed by atoms with E-state index in [1.165, 1.54) is 22.9 Å². The summed E-state index contributed by atoms with van der Waals surface area (Å²) < 4.78 is 2.38. The molecule has 1 heterocycles. The van der Waals surface area contributed by atoms with E-state index in [1.807, 2.05) is 12.1 Å². The maximum Gasteiger partial charge on any atom is 0.285 e. The van der Waals surface area contributed by atoms with Crippen LogP contribution in [0.5, 0.6) is 0 Å². The fourth-order valence-corrected chi connectivity index (χ4v) is 2.47. The van der Waals surface area contributed by atoms with Crippen molar-refractivity contribution in [2.75, 3.05) is 6.54 Å². The van der Waals surface area contributed by atoms with E-state index in [0.29, 0.717) is 31.5 Å². The predicted octanol–water partition coefficient (Wildman–Crippen LogP) is 2.57. The normalized spacial score (nSPS) is 10.4. The van der Waals surface area contributed by atoms with E-state index in [-0.39, 0.29) is 17.2 Å². The summed E-state index contributed by atoms with van der Waals surface area (Å²) in [6.45, 7) is 0.856. The molecule has 1 amide bonds. The van der Waals surface area contributed by atoms with Gasteiger partial charge in [-0.25, -0.2) is 0 Å². The number of nitro groups is 1. The topological polar surface area (TPSA) is 94.2 Å². The average molecular weight is 441 g/mol. The Bertz CT molecular complexity index is 787. The fraction of sp³-hybridized carbons (Fsp3) is 0.250. The summed E-state index contributed by atoms with van der Waals surface area (Å²) in [5.74, 6) is -0.140. The van der Waals surface area contributed by atoms with Crippen LogP contribution in [0.1, 0.15) is 23.2 Å². The van der Waals surface area contributed by atoms with Gasteiger partial charge in [-0.15, -0.1) is 0 Å². The molecule has 8 heteroatoms. The van der Waals surface area contributed by atoms with E-state index in [0.717, 1.165) is 3.57 Å². The van der Waals surface area contributed by atoms with Crippen LogP contribution in [0.15, 0.2) is 47.4 Å². The molecule has 0 atom stereocenters. The average Bonchev–Trinajstić information content (AvgIpc) is 2.56. The van der Waals surface area contributed by atoms with Gasteiger partial charge in [0.25, 0.3) is 17.2 Å². The highest BCUT2D eigenvalue weighted by Gasteiger charge is 2.08. The summed E-state index contributed by atoms with van der Waals surface area (Å²) >= 11 is 2.17. The molecule has 7 nitrogen and oxygen atoms in total. The molecule has 0 radical (unpaired) electrons. The van der Waals surface area contributed by atoms with Crippen molar-refractivity contribution < 1.29 is 9.72 Å². The first-order valence-electron chi connectivity index (χ1n) is 7.36. The number of carbonyl (C=O) groups is 1. The van der Waals surface area contributed by atoms with E-state index in [9.17, 15) is 19.7 Å². The molecule has 24 heavy (non-hydrogen) atoms. The summed E-state index contributed by atoms with van der Waals surface area (Å²) in [6.07, 6.45) is 2.55. The molecule has 1 aromatic carbocycles. The van der Waals surface area contributed by atoms with Crippen molar-refractivity contribution in [1.82, 2.24) is 9.88 Å². The largest absolute Gasteiger partial charge is 0.352 e. The minimum Gasteiger partial charge on any atom is -0.352 e. The van der Waals surface area contributed by atoms with Gasteiger partial charge in [0, 0.05) is 34.4 Å². The van der Waals surface area contributed by atoms with Crippen molar-refractivity contribution in [2.45, 2.75) is 19.4 Å². The number of nitrogens with one attached hydrogen (secondary N) is 1. The lowest BCUT2D eigenvalue weighted by Gasteiger charge is -2.07. The molecular weight excluding hydrogens is 425 g/mol. The van der Waals surface area contributed by atoms with Crippen LogP contribution in [0, 0.1) is 13.7 Å². The number of rotatable bonds is 7. The smallest absolute Gasteiger partial charge is 0.285 e. The molecule has 0 bridgehead atoms. The standard InChI is InChI=1S/C16H16IN3O4/c17-13-5-3-12(4-6-13)16(22)18-9-1-2-10-19-11-14(20(23)24)7-8-15(19)21/h3-8,11H,1-2,9-10H2,(H,18,22). The molecule has 0 fully saturated rings. The van der Waals surface area contributed by atoms with Crippen molar-refractivity contribution in [2.24, 2.45) is 0 Å². The Hall–Kier alpha value is -2.23. The molecule has 126 valence electrons. The van der Waals surface area contributed by atoms with Crippen LogP contribution in [0.3, 0.4) is 0 Å². The Morgan fingerprint density at radius 2 is 1.88 bits per heavy atom. The van der Waals surface area contributed by atoms with Crippen molar-refractivity contribution in [3.8, 4) is 0 Å². The summed E-state index contributed by atoms with van der Waals surface area (Å²) in [5, 5.41) is 13.5. The second kappa shape index (κ2) is 8.57. The molecular formula is C16H16IN3O4. The van der Waals surface area contributed by atoms with Crippen LogP contribution in [0.25, 0.3) is 0 Å². The molecule has 0 unspecified atom stereocenters. The number of aromatic nitrogens is 1. The number of hydrogen-bond acceptors (Lipinski definition) is 4. The summed E-state index contributed by atoms with van der Waals surface area (Å²) in [7, 11) is 0. The molecule has 0 aliphatic carbocycles. The number of carbonyl (C=O) groups excluding carboxylic acids is 1. The molecule has 1 aromatic heterocycles. The maximum atomic E-state index is 11.9. The lowest BCUT2D eigenvalue weighted by atomic mass is 10.2. The second-order valence-corrected chi connectivity index (χ2v) is 6.39. The zero-order chi connectivity index (χ0) is 17.5. The van der Waals surface area contributed by atoms with Gasteiger partial charge in [0.05, 0.1) is 11.1 Å². The minimum atomic E-state index is -0.531. The van der Waals surface area contributed by atoms with E-state index in [2.05, 4.69) is 27.9 Å². The molecule has 2 rings (SSSR count). The Kier molecular flexibility index (Phi) is 6.47. The van der Waals surface area contributed by atoms with Gasteiger partial charge in [-0.2, -0.15) is 0 Å². The molecule has 1 N–H and O–H groups in total. The summed E-state index contributed by atoms with van der Waals surface area (Å²) in [4.78, 5) is 33.8. The number of hydrogen-bond donors (Lipinski definition) is 1. The van der Waals surface area contributed by atoms with Crippen LogP contribution >= 0.6 is 22.6 Å². The van der Waals surface area contributed by atoms with Crippen molar-refractivity contribution in [3.05, 3.63) is 72.2 Å². The Morgan fingerprint density at radius 3 is 2.54 bits per heavy atom. The molecule has 0 aliphatic rings. The maximum absolute atomic E-state index is 11.9. The molecule has 0 saturated carbocycles. The molecule has 0 aliphatic heterocycles. The Balaban J connectivity index is 1.78. The first kappa shape index (κ1) is 18.1. The minimum absolute atomic E-state index is 0.110. The highest BCUT2D eigenvalue weighted by Crippen LogP contribution is 2.08. The second-order valence-electron chi connectivity index (χ2n) is 5.15. The van der Waals surface area contributed by atoms with Crippen LogP contribution in [0.2, 0.25) is 0 Å². The van der Waals surface area contributed by atoms with Crippen LogP contribution < -0.4 is 10.9 Å². The summed E-state index contributed by atoms with van der Waals surface area (Å²) in [6, 6.07) is 9.64. The van der Waals surface area contributed by atoms with Gasteiger partial charge in [0.2, 0.25) is 0 Å². The predicted molar refractivity (Wildman–Crippen MR) is 98.1 cm³/mol. The monoisotopic (exact) mass is 441 g/mol. The van der Waals surface area contributed by atoms with Crippen molar-refractivity contribution in [1.29, 1.82) is 0 Å². The number of unbranched alkanes of at least 4 members (excludes halogenated alkanes) is 1. The number of aryl methyl sites for hydroxylation is 1. The van der Waals surface area contributed by atoms with Gasteiger partial charge in [-0.1, -0.05) is 0 Å². The van der Waals surface area contributed by atoms with Gasteiger partial charge in [-0.3, -0.25) is 19.7 Å². The number of nitrogens with zero attached hydrogens (tertiary/aromatic N) is 2. The lowest BCUT2D eigenvalue weighted by molar-refractivity contribution is -0.385. The van der Waals surface area contributed by atoms with Crippen LogP contribution in [-0.2, 0) is 6.54 Å². The van der Waals surface area contributed by atoms with Crippen molar-refractivity contribution >= 4 is 34.2 Å². The van der Waals surface area contributed by atoms with Gasteiger partial charge in [0.15, 0.2) is 0 Å². The van der Waals surface area contributed by atoms with Gasteiger partial charge >= 0.3 is 0 Å². The van der Waals surface area contributed by atoms with Gasteiger partial charge in [0.1, 0.15) is 0 Å². The zero-order valence-corrected chi connectivity index (χ0v) is 14.9. The quantitative estimate of drug-likeness (QED) is 0.309. The van der Waals surface area contributed by atoms with Gasteiger partial charge < -0.3 is 9.88 Å². The first-order chi connectivity index (χ1) is 11.5. The van der Waals surface area contributed by atoms with Gasteiger partial charge in [-0.05, 0) is 59.7 Å². The van der Waals surface area contributed by atoms with Crippen LogP contribution in [-0.4, -0.2) is 21.9 Å². The first-order valence-corrected chi connectivity index (χ1v) is 8.44. The Labute approximate surface area is 152 Å². The third kappa shape index (κ3) is 5.15. The number of halogens is 1. The van der Waals surface area contributed by atoms with E-state index in [4.69, 9.17) is 0 Å². The van der Waals surface area contributed by atoms with Crippen LogP contribution in [0.4, 0.5) is 5.69 Å². The SMILES string of the molecule is O=C(NCCCCn1cc([N+](=O)[O-])ccc1=O)c1ccc(I)cc1. The van der Waals surface area contributed by atoms with E-state index < -0.39 is 4.92 Å². The highest BCUT2D eigenvalue weighted by atomic mass is 127. The fourth-order valence-electron chi connectivity index (χ4n) is 2.11. The lowest BCUT2D eigenvalue weighted by Crippen LogP contribution is -2.25. The zero-order valence-electron chi connectivity index (χ0n) is 12.8. The number of amides is 1. The molecule has 2 aromatic rings. The number of pyridine rings is 1. The third-order valence-corrected chi connectivity index (χ3v) is 4.12. The third-order valence-electron chi connectivity index (χ3n) is 3.40. The highest BCUT2D eigenvalue weighted by molar-refractivity contribution is 14.1.